The lowest BCUT2D eigenvalue weighted by molar-refractivity contribution is 0.376. The Hall–Kier alpha value is -1.44. The summed E-state index contributed by atoms with van der Waals surface area (Å²) in [5.41, 5.74) is 0. The Morgan fingerprint density at radius 3 is 2.62 bits per heavy atom. The van der Waals surface area contributed by atoms with E-state index in [0.717, 1.165) is 12.8 Å². The van der Waals surface area contributed by atoms with E-state index >= 15 is 0 Å². The molecule has 1 atom stereocenters. The van der Waals surface area contributed by atoms with E-state index in [1.54, 1.807) is 23.0 Å². The lowest BCUT2D eigenvalue weighted by Gasteiger charge is -2.23. The molecule has 1 aromatic carbocycles. The smallest absolute Gasteiger partial charge is 0.243 e. The molecule has 1 unspecified atom stereocenters. The van der Waals surface area contributed by atoms with Crippen LogP contribution in [0.25, 0.3) is 0 Å². The zero-order chi connectivity index (χ0) is 15.0. The van der Waals surface area contributed by atoms with Crippen molar-refractivity contribution in [2.75, 3.05) is 6.54 Å². The second-order valence-corrected chi connectivity index (χ2v) is 7.35. The number of hydrogen-bond donors (Lipinski definition) is 0. The Labute approximate surface area is 128 Å². The first-order valence-electron chi connectivity index (χ1n) is 6.61. The molecule has 2 aromatic rings. The van der Waals surface area contributed by atoms with Crippen molar-refractivity contribution in [3.05, 3.63) is 41.4 Å². The van der Waals surface area contributed by atoms with Gasteiger partial charge in [0.15, 0.2) is 5.82 Å². The topological polar surface area (TPSA) is 68.1 Å². The zero-order valence-electron chi connectivity index (χ0n) is 11.5. The third-order valence-electron chi connectivity index (χ3n) is 3.67. The van der Waals surface area contributed by atoms with Crippen LogP contribution in [0.4, 0.5) is 0 Å². The quantitative estimate of drug-likeness (QED) is 0.865. The van der Waals surface area contributed by atoms with E-state index in [9.17, 15) is 8.42 Å². The van der Waals surface area contributed by atoms with Crippen molar-refractivity contribution in [1.82, 2.24) is 19.1 Å². The van der Waals surface area contributed by atoms with Gasteiger partial charge in [0.05, 0.1) is 10.9 Å². The molecule has 1 aliphatic rings. The van der Waals surface area contributed by atoms with Gasteiger partial charge in [-0.1, -0.05) is 11.6 Å². The number of rotatable bonds is 3. The van der Waals surface area contributed by atoms with E-state index in [0.29, 0.717) is 17.4 Å². The van der Waals surface area contributed by atoms with Gasteiger partial charge in [0.2, 0.25) is 10.0 Å². The molecule has 3 rings (SSSR count). The molecule has 0 spiro atoms. The van der Waals surface area contributed by atoms with E-state index in [-0.39, 0.29) is 10.9 Å². The van der Waals surface area contributed by atoms with E-state index in [1.165, 1.54) is 16.4 Å². The Balaban J connectivity index is 1.98. The summed E-state index contributed by atoms with van der Waals surface area (Å²) in [6.45, 7) is 0.489. The first kappa shape index (κ1) is 14.5. The van der Waals surface area contributed by atoms with Crippen LogP contribution in [0.1, 0.15) is 24.7 Å². The predicted octanol–water partition coefficient (Wildman–Crippen LogP) is 1.99. The molecule has 2 heterocycles. The van der Waals surface area contributed by atoms with E-state index in [4.69, 9.17) is 11.6 Å². The van der Waals surface area contributed by atoms with Crippen molar-refractivity contribution in [3.8, 4) is 0 Å². The summed E-state index contributed by atoms with van der Waals surface area (Å²) in [5.74, 6) is 0.671. The van der Waals surface area contributed by atoms with Gasteiger partial charge < -0.3 is 4.57 Å². The highest BCUT2D eigenvalue weighted by atomic mass is 35.5. The lowest BCUT2D eigenvalue weighted by Crippen LogP contribution is -2.31. The number of hydrogen-bond acceptors (Lipinski definition) is 4. The molecule has 0 saturated carbocycles. The molecule has 0 bridgehead atoms. The molecular weight excluding hydrogens is 312 g/mol. The predicted molar refractivity (Wildman–Crippen MR) is 78.3 cm³/mol. The van der Waals surface area contributed by atoms with E-state index in [1.807, 2.05) is 7.05 Å². The number of sulfonamides is 1. The molecule has 1 aliphatic heterocycles. The van der Waals surface area contributed by atoms with Gasteiger partial charge >= 0.3 is 0 Å². The van der Waals surface area contributed by atoms with Gasteiger partial charge in [-0.15, -0.1) is 10.2 Å². The number of benzene rings is 1. The minimum atomic E-state index is -3.55. The Kier molecular flexibility index (Phi) is 3.73. The molecule has 0 amide bonds. The third-order valence-corrected chi connectivity index (χ3v) is 5.84. The third kappa shape index (κ3) is 2.56. The summed E-state index contributed by atoms with van der Waals surface area (Å²) in [6, 6.07) is 5.97. The van der Waals surface area contributed by atoms with Crippen LogP contribution in [0, 0.1) is 0 Å². The fraction of sp³-hybridized carbons (Fsp3) is 0.385. The summed E-state index contributed by atoms with van der Waals surface area (Å²) < 4.78 is 28.8. The van der Waals surface area contributed by atoms with Gasteiger partial charge in [-0.3, -0.25) is 0 Å². The van der Waals surface area contributed by atoms with Gasteiger partial charge in [0, 0.05) is 18.6 Å². The summed E-state index contributed by atoms with van der Waals surface area (Å²) in [5, 5.41) is 8.41. The highest BCUT2D eigenvalue weighted by Crippen LogP contribution is 2.35. The number of nitrogens with zero attached hydrogens (tertiary/aromatic N) is 4. The van der Waals surface area contributed by atoms with Crippen LogP contribution in [0.2, 0.25) is 5.02 Å². The molecule has 0 aliphatic carbocycles. The van der Waals surface area contributed by atoms with Crippen molar-refractivity contribution in [3.63, 3.8) is 0 Å². The molecule has 1 fully saturated rings. The summed E-state index contributed by atoms with van der Waals surface area (Å²) in [4.78, 5) is 0.251. The lowest BCUT2D eigenvalue weighted by atomic mass is 10.2. The molecule has 0 N–H and O–H groups in total. The molecular formula is C13H15ClN4O2S. The average Bonchev–Trinajstić information content (AvgIpc) is 3.07. The van der Waals surface area contributed by atoms with Gasteiger partial charge in [-0.2, -0.15) is 4.31 Å². The van der Waals surface area contributed by atoms with Crippen LogP contribution in [-0.4, -0.2) is 34.0 Å². The van der Waals surface area contributed by atoms with Crippen molar-refractivity contribution >= 4 is 21.6 Å². The molecule has 21 heavy (non-hydrogen) atoms. The van der Waals surface area contributed by atoms with Crippen molar-refractivity contribution in [2.24, 2.45) is 7.05 Å². The standard InChI is InChI=1S/C13H15ClN4O2S/c1-17-9-15-16-13(17)12-3-2-8-18(12)21(19,20)11-6-4-10(14)5-7-11/h4-7,9,12H,2-3,8H2,1H3. The number of aromatic nitrogens is 3. The van der Waals surface area contributed by atoms with Crippen molar-refractivity contribution < 1.29 is 8.42 Å². The van der Waals surface area contributed by atoms with E-state index in [2.05, 4.69) is 10.2 Å². The second kappa shape index (κ2) is 5.40. The first-order valence-corrected chi connectivity index (χ1v) is 8.43. The van der Waals surface area contributed by atoms with Gasteiger partial charge in [0.1, 0.15) is 6.33 Å². The van der Waals surface area contributed by atoms with E-state index < -0.39 is 10.0 Å². The zero-order valence-corrected chi connectivity index (χ0v) is 13.0. The fourth-order valence-electron chi connectivity index (χ4n) is 2.62. The summed E-state index contributed by atoms with van der Waals surface area (Å²) in [6.07, 6.45) is 3.14. The Morgan fingerprint density at radius 1 is 1.29 bits per heavy atom. The van der Waals surface area contributed by atoms with Crippen molar-refractivity contribution in [2.45, 2.75) is 23.8 Å². The highest BCUT2D eigenvalue weighted by Gasteiger charge is 2.38. The minimum Gasteiger partial charge on any atom is -0.319 e. The monoisotopic (exact) mass is 326 g/mol. The number of halogens is 1. The largest absolute Gasteiger partial charge is 0.319 e. The van der Waals surface area contributed by atoms with Crippen LogP contribution >= 0.6 is 11.6 Å². The minimum absolute atomic E-state index is 0.251. The van der Waals surface area contributed by atoms with Crippen LogP contribution in [0.3, 0.4) is 0 Å². The summed E-state index contributed by atoms with van der Waals surface area (Å²) in [7, 11) is -1.73. The fourth-order valence-corrected chi connectivity index (χ4v) is 4.40. The highest BCUT2D eigenvalue weighted by molar-refractivity contribution is 7.89. The molecule has 1 saturated heterocycles. The maximum atomic E-state index is 12.8. The molecule has 1 aromatic heterocycles. The maximum absolute atomic E-state index is 12.8. The first-order chi connectivity index (χ1) is 10.00. The van der Waals surface area contributed by atoms with Gasteiger partial charge in [-0.25, -0.2) is 8.42 Å². The molecule has 112 valence electrons. The SMILES string of the molecule is Cn1cnnc1C1CCCN1S(=O)(=O)c1ccc(Cl)cc1. The number of aryl methyl sites for hydroxylation is 1. The summed E-state index contributed by atoms with van der Waals surface area (Å²) >= 11 is 5.82. The van der Waals surface area contributed by atoms with Crippen LogP contribution < -0.4 is 0 Å². The van der Waals surface area contributed by atoms with Crippen LogP contribution in [0.5, 0.6) is 0 Å². The maximum Gasteiger partial charge on any atom is 0.243 e. The van der Waals surface area contributed by atoms with Gasteiger partial charge in [0.25, 0.3) is 0 Å². The molecule has 6 nitrogen and oxygen atoms in total. The molecule has 8 heteroatoms. The molecule has 0 radical (unpaired) electrons. The Bertz CT molecular complexity index is 742. The van der Waals surface area contributed by atoms with Crippen LogP contribution in [0.15, 0.2) is 35.5 Å². The average molecular weight is 327 g/mol. The van der Waals surface area contributed by atoms with Crippen LogP contribution in [-0.2, 0) is 17.1 Å². The second-order valence-electron chi connectivity index (χ2n) is 5.03. The van der Waals surface area contributed by atoms with Crippen molar-refractivity contribution in [1.29, 1.82) is 0 Å². The normalized spacial score (nSPS) is 20.0. The van der Waals surface area contributed by atoms with Gasteiger partial charge in [-0.05, 0) is 37.1 Å². The Morgan fingerprint density at radius 2 is 2.00 bits per heavy atom.